The molecule has 0 spiro atoms. The third kappa shape index (κ3) is 3.29. The van der Waals surface area contributed by atoms with E-state index in [9.17, 15) is 4.79 Å². The van der Waals surface area contributed by atoms with Crippen LogP contribution in [0.5, 0.6) is 0 Å². The number of aromatic nitrogens is 1. The number of anilines is 2. The Morgan fingerprint density at radius 1 is 1.50 bits per heavy atom. The summed E-state index contributed by atoms with van der Waals surface area (Å²) < 4.78 is 0. The lowest BCUT2D eigenvalue weighted by Crippen LogP contribution is -2.22. The van der Waals surface area contributed by atoms with Crippen LogP contribution in [0.15, 0.2) is 12.1 Å². The summed E-state index contributed by atoms with van der Waals surface area (Å²) in [5, 5.41) is 3.81. The Labute approximate surface area is 111 Å². The van der Waals surface area contributed by atoms with E-state index in [-0.39, 0.29) is 5.69 Å². The van der Waals surface area contributed by atoms with Gasteiger partial charge in [0.05, 0.1) is 5.69 Å². The molecule has 18 heavy (non-hydrogen) atoms. The highest BCUT2D eigenvalue weighted by Gasteiger charge is 2.14. The molecule has 2 rings (SSSR count). The first-order chi connectivity index (χ1) is 8.66. The molecule has 1 saturated heterocycles. The molecule has 1 aliphatic rings. The minimum Gasteiger partial charge on any atom is -0.396 e. The van der Waals surface area contributed by atoms with Gasteiger partial charge in [-0.25, -0.2) is 4.98 Å². The first-order valence-corrected chi connectivity index (χ1v) is 7.13. The van der Waals surface area contributed by atoms with Crippen molar-refractivity contribution in [2.75, 3.05) is 23.3 Å². The summed E-state index contributed by atoms with van der Waals surface area (Å²) in [7, 11) is 0. The Hall–Kier alpha value is -1.43. The molecular weight excluding hydrogens is 248 g/mol. The van der Waals surface area contributed by atoms with Crippen LogP contribution in [-0.2, 0) is 0 Å². The fourth-order valence-corrected chi connectivity index (χ4v) is 3.17. The molecule has 0 aliphatic carbocycles. The van der Waals surface area contributed by atoms with Crippen LogP contribution in [0.3, 0.4) is 0 Å². The molecule has 0 bridgehead atoms. The number of carbonyl (C=O) groups excluding carboxylic acids is 1. The predicted molar refractivity (Wildman–Crippen MR) is 75.8 cm³/mol. The third-order valence-corrected chi connectivity index (χ3v) is 4.35. The van der Waals surface area contributed by atoms with Gasteiger partial charge in [0.1, 0.15) is 11.5 Å². The highest BCUT2D eigenvalue weighted by molar-refractivity contribution is 7.99. The van der Waals surface area contributed by atoms with Crippen molar-refractivity contribution in [1.29, 1.82) is 0 Å². The third-order valence-electron chi connectivity index (χ3n) is 2.95. The lowest BCUT2D eigenvalue weighted by molar-refractivity contribution is 0.0996. The summed E-state index contributed by atoms with van der Waals surface area (Å²) in [5.41, 5.74) is 11.8. The highest BCUT2D eigenvalue weighted by atomic mass is 32.2. The maximum Gasteiger partial charge on any atom is 0.267 e. The molecule has 0 radical (unpaired) electrons. The maximum absolute atomic E-state index is 11.1. The topological polar surface area (TPSA) is 94.0 Å². The van der Waals surface area contributed by atoms with Gasteiger partial charge in [0.15, 0.2) is 0 Å². The molecule has 0 saturated carbocycles. The van der Waals surface area contributed by atoms with E-state index < -0.39 is 5.91 Å². The van der Waals surface area contributed by atoms with Gasteiger partial charge in [-0.3, -0.25) is 4.79 Å². The molecule has 1 aromatic rings. The minimum absolute atomic E-state index is 0.239. The molecule has 1 amide bonds. The SMILES string of the molecule is NC(=O)c1ccc(N)c(NCC2CCCCS2)n1. The van der Waals surface area contributed by atoms with Crippen LogP contribution in [0.1, 0.15) is 29.8 Å². The van der Waals surface area contributed by atoms with Crippen LogP contribution in [0, 0.1) is 0 Å². The zero-order chi connectivity index (χ0) is 13.0. The number of nitrogen functional groups attached to an aromatic ring is 1. The first kappa shape index (κ1) is 13.0. The highest BCUT2D eigenvalue weighted by Crippen LogP contribution is 2.25. The molecule has 1 aliphatic heterocycles. The van der Waals surface area contributed by atoms with Crippen LogP contribution in [-0.4, -0.2) is 28.4 Å². The van der Waals surface area contributed by atoms with Crippen LogP contribution in [0.25, 0.3) is 0 Å². The van der Waals surface area contributed by atoms with Crippen molar-refractivity contribution in [3.63, 3.8) is 0 Å². The lowest BCUT2D eigenvalue weighted by atomic mass is 10.2. The normalized spacial score (nSPS) is 19.4. The van der Waals surface area contributed by atoms with E-state index in [1.165, 1.54) is 31.1 Å². The molecule has 1 fully saturated rings. The largest absolute Gasteiger partial charge is 0.396 e. The van der Waals surface area contributed by atoms with E-state index in [1.54, 1.807) is 6.07 Å². The molecule has 2 heterocycles. The molecule has 0 aromatic carbocycles. The van der Waals surface area contributed by atoms with Gasteiger partial charge in [0, 0.05) is 11.8 Å². The number of thioether (sulfide) groups is 1. The van der Waals surface area contributed by atoms with E-state index in [1.807, 2.05) is 11.8 Å². The average molecular weight is 266 g/mol. The zero-order valence-electron chi connectivity index (χ0n) is 10.2. The Bertz CT molecular complexity index is 432. The van der Waals surface area contributed by atoms with Crippen molar-refractivity contribution >= 4 is 29.2 Å². The molecule has 1 unspecified atom stereocenters. The van der Waals surface area contributed by atoms with Gasteiger partial charge < -0.3 is 16.8 Å². The van der Waals surface area contributed by atoms with Crippen LogP contribution in [0.4, 0.5) is 11.5 Å². The van der Waals surface area contributed by atoms with Crippen LogP contribution >= 0.6 is 11.8 Å². The Kier molecular flexibility index (Phi) is 4.30. The number of rotatable bonds is 4. The second-order valence-electron chi connectivity index (χ2n) is 4.37. The molecule has 1 aromatic heterocycles. The van der Waals surface area contributed by atoms with Crippen LogP contribution in [0.2, 0.25) is 0 Å². The smallest absolute Gasteiger partial charge is 0.267 e. The second-order valence-corrected chi connectivity index (χ2v) is 5.78. The second kappa shape index (κ2) is 5.95. The van der Waals surface area contributed by atoms with Gasteiger partial charge >= 0.3 is 0 Å². The monoisotopic (exact) mass is 266 g/mol. The van der Waals surface area contributed by atoms with Gasteiger partial charge in [-0.15, -0.1) is 0 Å². The summed E-state index contributed by atoms with van der Waals surface area (Å²) >= 11 is 1.98. The van der Waals surface area contributed by atoms with Gasteiger partial charge in [-0.2, -0.15) is 11.8 Å². The van der Waals surface area contributed by atoms with Crippen molar-refractivity contribution in [3.05, 3.63) is 17.8 Å². The molecule has 1 atom stereocenters. The standard InChI is InChI=1S/C12H18N4OS/c13-9-4-5-10(11(14)17)16-12(9)15-7-8-3-1-2-6-18-8/h4-5,8H,1-3,6-7,13H2,(H2,14,17)(H,15,16). The first-order valence-electron chi connectivity index (χ1n) is 6.08. The molecular formula is C12H18N4OS. The predicted octanol–water partition coefficient (Wildman–Crippen LogP) is 1.46. The molecule has 5 N–H and O–H groups in total. The number of primary amides is 1. The number of nitrogens with two attached hydrogens (primary N) is 2. The Morgan fingerprint density at radius 3 is 3.00 bits per heavy atom. The number of carbonyl (C=O) groups is 1. The number of hydrogen-bond donors (Lipinski definition) is 3. The van der Waals surface area contributed by atoms with Crippen molar-refractivity contribution < 1.29 is 4.79 Å². The molecule has 6 heteroatoms. The summed E-state index contributed by atoms with van der Waals surface area (Å²) in [4.78, 5) is 15.2. The lowest BCUT2D eigenvalue weighted by Gasteiger charge is -2.22. The quantitative estimate of drug-likeness (QED) is 0.767. The fourth-order valence-electron chi connectivity index (χ4n) is 1.93. The average Bonchev–Trinajstić information content (AvgIpc) is 2.38. The van der Waals surface area contributed by atoms with Gasteiger partial charge in [-0.1, -0.05) is 6.42 Å². The van der Waals surface area contributed by atoms with Gasteiger partial charge in [0.2, 0.25) is 0 Å². The van der Waals surface area contributed by atoms with Crippen molar-refractivity contribution in [2.24, 2.45) is 5.73 Å². The summed E-state index contributed by atoms with van der Waals surface area (Å²) in [6.45, 7) is 0.823. The number of amides is 1. The maximum atomic E-state index is 11.1. The van der Waals surface area contributed by atoms with E-state index in [2.05, 4.69) is 10.3 Å². The summed E-state index contributed by atoms with van der Waals surface area (Å²) in [6.07, 6.45) is 3.80. The zero-order valence-corrected chi connectivity index (χ0v) is 11.0. The van der Waals surface area contributed by atoms with E-state index in [4.69, 9.17) is 11.5 Å². The molecule has 98 valence electrons. The summed E-state index contributed by atoms with van der Waals surface area (Å²) in [6, 6.07) is 3.20. The van der Waals surface area contributed by atoms with E-state index in [0.29, 0.717) is 16.8 Å². The van der Waals surface area contributed by atoms with Crippen molar-refractivity contribution in [1.82, 2.24) is 4.98 Å². The van der Waals surface area contributed by atoms with E-state index >= 15 is 0 Å². The van der Waals surface area contributed by atoms with Crippen molar-refractivity contribution in [2.45, 2.75) is 24.5 Å². The van der Waals surface area contributed by atoms with Crippen molar-refractivity contribution in [3.8, 4) is 0 Å². The van der Waals surface area contributed by atoms with E-state index in [0.717, 1.165) is 6.54 Å². The fraction of sp³-hybridized carbons (Fsp3) is 0.500. The minimum atomic E-state index is -0.537. The number of nitrogens with zero attached hydrogens (tertiary/aromatic N) is 1. The van der Waals surface area contributed by atoms with Gasteiger partial charge in [-0.05, 0) is 30.7 Å². The Morgan fingerprint density at radius 2 is 2.33 bits per heavy atom. The number of nitrogens with one attached hydrogen (secondary N) is 1. The Balaban J connectivity index is 1.99. The van der Waals surface area contributed by atoms with Gasteiger partial charge in [0.25, 0.3) is 5.91 Å². The summed E-state index contributed by atoms with van der Waals surface area (Å²) in [5.74, 6) is 1.24. The van der Waals surface area contributed by atoms with Crippen LogP contribution < -0.4 is 16.8 Å². The number of hydrogen-bond acceptors (Lipinski definition) is 5. The molecule has 5 nitrogen and oxygen atoms in total. The number of pyridine rings is 1.